The van der Waals surface area contributed by atoms with Gasteiger partial charge in [-0.05, 0) is 48.2 Å². The van der Waals surface area contributed by atoms with E-state index in [4.69, 9.17) is 0 Å². The highest BCUT2D eigenvalue weighted by atomic mass is 19.1. The molecule has 2 aromatic rings. The highest BCUT2D eigenvalue weighted by molar-refractivity contribution is 6.16. The number of nitrogens with one attached hydrogen (secondary N) is 2. The smallest absolute Gasteiger partial charge is 0.268 e. The molecule has 156 valence electrons. The Bertz CT molecular complexity index is 1030. The predicted molar refractivity (Wildman–Crippen MR) is 108 cm³/mol. The van der Waals surface area contributed by atoms with Crippen molar-refractivity contribution in [2.24, 2.45) is 0 Å². The van der Waals surface area contributed by atoms with Crippen LogP contribution in [0.25, 0.3) is 0 Å². The van der Waals surface area contributed by atoms with Crippen LogP contribution in [0.3, 0.4) is 0 Å². The number of anilines is 2. The summed E-state index contributed by atoms with van der Waals surface area (Å²) in [4.78, 5) is 38.3. The SMILES string of the molecule is O=C1CCc2cc(N3CCC(O)(C(=O)NCCc4ccccc4F)C3=O)ccc2N1. The van der Waals surface area contributed by atoms with Gasteiger partial charge < -0.3 is 20.6 Å². The number of carbonyl (C=O) groups excluding carboxylic acids is 3. The van der Waals surface area contributed by atoms with Crippen LogP contribution < -0.4 is 15.5 Å². The number of hydrogen-bond donors (Lipinski definition) is 3. The molecule has 7 nitrogen and oxygen atoms in total. The van der Waals surface area contributed by atoms with Crippen LogP contribution in [0.15, 0.2) is 42.5 Å². The summed E-state index contributed by atoms with van der Waals surface area (Å²) in [7, 11) is 0. The van der Waals surface area contributed by atoms with Crippen molar-refractivity contribution in [1.29, 1.82) is 0 Å². The molecule has 30 heavy (non-hydrogen) atoms. The lowest BCUT2D eigenvalue weighted by Crippen LogP contribution is -2.52. The number of fused-ring (bicyclic) bond motifs is 1. The first-order valence-corrected chi connectivity index (χ1v) is 9.87. The van der Waals surface area contributed by atoms with Crippen LogP contribution in [0.1, 0.15) is 24.0 Å². The minimum Gasteiger partial charge on any atom is -0.372 e. The van der Waals surface area contributed by atoms with E-state index < -0.39 is 17.4 Å². The van der Waals surface area contributed by atoms with Gasteiger partial charge in [-0.2, -0.15) is 0 Å². The standard InChI is InChI=1S/C22H22FN3O4/c23-17-4-2-1-3-14(17)9-11-24-20(28)22(30)10-12-26(21(22)29)16-6-7-18-15(13-16)5-8-19(27)25-18/h1-4,6-7,13,30H,5,8-12H2,(H,24,28)(H,25,27). The normalized spacial score (nSPS) is 20.7. The van der Waals surface area contributed by atoms with Crippen LogP contribution >= 0.6 is 0 Å². The number of aryl methyl sites for hydroxylation is 1. The van der Waals surface area contributed by atoms with Crippen LogP contribution in [0.2, 0.25) is 0 Å². The lowest BCUT2D eigenvalue weighted by molar-refractivity contribution is -0.149. The number of rotatable bonds is 5. The lowest BCUT2D eigenvalue weighted by Gasteiger charge is -2.23. The molecular weight excluding hydrogens is 389 g/mol. The van der Waals surface area contributed by atoms with E-state index in [-0.39, 0.29) is 37.7 Å². The number of aliphatic hydroxyl groups is 1. The second-order valence-electron chi connectivity index (χ2n) is 7.55. The Morgan fingerprint density at radius 1 is 1.20 bits per heavy atom. The molecule has 1 saturated heterocycles. The van der Waals surface area contributed by atoms with Gasteiger partial charge >= 0.3 is 0 Å². The molecule has 0 aromatic heterocycles. The van der Waals surface area contributed by atoms with E-state index in [0.717, 1.165) is 5.56 Å². The van der Waals surface area contributed by atoms with E-state index in [1.54, 1.807) is 36.4 Å². The summed E-state index contributed by atoms with van der Waals surface area (Å²) in [5.74, 6) is -1.88. The molecule has 0 aliphatic carbocycles. The zero-order chi connectivity index (χ0) is 21.3. The molecule has 3 N–H and O–H groups in total. The van der Waals surface area contributed by atoms with Crippen LogP contribution in [-0.4, -0.2) is 41.5 Å². The van der Waals surface area contributed by atoms with Crippen molar-refractivity contribution in [2.75, 3.05) is 23.3 Å². The van der Waals surface area contributed by atoms with Gasteiger partial charge in [0.1, 0.15) is 5.82 Å². The van der Waals surface area contributed by atoms with Gasteiger partial charge in [0.05, 0.1) is 0 Å². The molecule has 0 spiro atoms. The molecule has 2 heterocycles. The Labute approximate surface area is 172 Å². The van der Waals surface area contributed by atoms with E-state index >= 15 is 0 Å². The summed E-state index contributed by atoms with van der Waals surface area (Å²) in [6.07, 6.45) is 1.16. The molecule has 1 fully saturated rings. The lowest BCUT2D eigenvalue weighted by atomic mass is 10.0. The van der Waals surface area contributed by atoms with Gasteiger partial charge in [0, 0.05) is 37.3 Å². The average molecular weight is 411 g/mol. The highest BCUT2D eigenvalue weighted by Crippen LogP contribution is 2.32. The topological polar surface area (TPSA) is 98.7 Å². The first-order chi connectivity index (χ1) is 14.4. The van der Waals surface area contributed by atoms with Crippen molar-refractivity contribution >= 4 is 29.1 Å². The Kier molecular flexibility index (Phi) is 5.26. The quantitative estimate of drug-likeness (QED) is 0.650. The Morgan fingerprint density at radius 3 is 2.80 bits per heavy atom. The molecule has 0 radical (unpaired) electrons. The maximum absolute atomic E-state index is 13.7. The summed E-state index contributed by atoms with van der Waals surface area (Å²) < 4.78 is 13.7. The largest absolute Gasteiger partial charge is 0.372 e. The van der Waals surface area contributed by atoms with E-state index in [9.17, 15) is 23.9 Å². The molecule has 1 unspecified atom stereocenters. The predicted octanol–water partition coefficient (Wildman–Crippen LogP) is 1.54. The monoisotopic (exact) mass is 411 g/mol. The van der Waals surface area contributed by atoms with Crippen LogP contribution in [0.5, 0.6) is 0 Å². The van der Waals surface area contributed by atoms with Crippen molar-refractivity contribution in [3.63, 3.8) is 0 Å². The van der Waals surface area contributed by atoms with E-state index in [0.29, 0.717) is 29.8 Å². The molecule has 1 atom stereocenters. The number of benzene rings is 2. The minimum atomic E-state index is -2.15. The van der Waals surface area contributed by atoms with Crippen molar-refractivity contribution in [3.8, 4) is 0 Å². The molecular formula is C22H22FN3O4. The average Bonchev–Trinajstić information content (AvgIpc) is 3.05. The fraction of sp³-hybridized carbons (Fsp3) is 0.318. The first kappa shape index (κ1) is 20.0. The van der Waals surface area contributed by atoms with Crippen molar-refractivity contribution in [2.45, 2.75) is 31.3 Å². The summed E-state index contributed by atoms with van der Waals surface area (Å²) in [5.41, 5.74) is 0.488. The van der Waals surface area contributed by atoms with Gasteiger partial charge in [-0.15, -0.1) is 0 Å². The van der Waals surface area contributed by atoms with Crippen molar-refractivity contribution < 1.29 is 23.9 Å². The molecule has 2 aromatic carbocycles. The third kappa shape index (κ3) is 3.66. The molecule has 4 rings (SSSR count). The molecule has 8 heteroatoms. The summed E-state index contributed by atoms with van der Waals surface area (Å²) in [6.45, 7) is 0.301. The summed E-state index contributed by atoms with van der Waals surface area (Å²) >= 11 is 0. The van der Waals surface area contributed by atoms with Gasteiger partial charge in [0.2, 0.25) is 11.5 Å². The number of carbonyl (C=O) groups is 3. The van der Waals surface area contributed by atoms with Gasteiger partial charge in [-0.1, -0.05) is 18.2 Å². The second kappa shape index (κ2) is 7.87. The maximum atomic E-state index is 13.7. The number of hydrogen-bond acceptors (Lipinski definition) is 4. The Balaban J connectivity index is 1.42. The zero-order valence-electron chi connectivity index (χ0n) is 16.3. The summed E-state index contributed by atoms with van der Waals surface area (Å²) in [5, 5.41) is 16.1. The molecule has 0 saturated carbocycles. The number of nitrogens with zero attached hydrogens (tertiary/aromatic N) is 1. The highest BCUT2D eigenvalue weighted by Gasteiger charge is 2.51. The number of amides is 3. The molecule has 2 aliphatic rings. The third-order valence-corrected chi connectivity index (χ3v) is 5.61. The van der Waals surface area contributed by atoms with Gasteiger partial charge in [-0.25, -0.2) is 4.39 Å². The van der Waals surface area contributed by atoms with Crippen LogP contribution in [0.4, 0.5) is 15.8 Å². The Hall–Kier alpha value is -3.26. The van der Waals surface area contributed by atoms with E-state index in [2.05, 4.69) is 10.6 Å². The van der Waals surface area contributed by atoms with Gasteiger partial charge in [0.15, 0.2) is 0 Å². The fourth-order valence-electron chi connectivity index (χ4n) is 3.86. The van der Waals surface area contributed by atoms with Crippen LogP contribution in [-0.2, 0) is 27.2 Å². The molecule has 0 bridgehead atoms. The number of halogens is 1. The zero-order valence-corrected chi connectivity index (χ0v) is 16.3. The van der Waals surface area contributed by atoms with Crippen molar-refractivity contribution in [3.05, 3.63) is 59.4 Å². The summed E-state index contributed by atoms with van der Waals surface area (Å²) in [6, 6.07) is 11.5. The van der Waals surface area contributed by atoms with E-state index in [1.807, 2.05) is 0 Å². The molecule has 2 aliphatic heterocycles. The first-order valence-electron chi connectivity index (χ1n) is 9.87. The molecule has 3 amide bonds. The fourth-order valence-corrected chi connectivity index (χ4v) is 3.86. The third-order valence-electron chi connectivity index (χ3n) is 5.61. The van der Waals surface area contributed by atoms with Gasteiger partial charge in [-0.3, -0.25) is 14.4 Å². The van der Waals surface area contributed by atoms with Gasteiger partial charge in [0.25, 0.3) is 11.8 Å². The van der Waals surface area contributed by atoms with E-state index in [1.165, 1.54) is 11.0 Å². The second-order valence-corrected chi connectivity index (χ2v) is 7.55. The van der Waals surface area contributed by atoms with Crippen LogP contribution in [0, 0.1) is 5.82 Å². The maximum Gasteiger partial charge on any atom is 0.268 e. The van der Waals surface area contributed by atoms with Crippen molar-refractivity contribution in [1.82, 2.24) is 5.32 Å². The Morgan fingerprint density at radius 2 is 2.00 bits per heavy atom. The minimum absolute atomic E-state index is 0.0365.